The lowest BCUT2D eigenvalue weighted by molar-refractivity contribution is -0.118. The van der Waals surface area contributed by atoms with Crippen molar-refractivity contribution in [2.45, 2.75) is 31.8 Å². The summed E-state index contributed by atoms with van der Waals surface area (Å²) in [4.78, 5) is 16.5. The van der Waals surface area contributed by atoms with Crippen LogP contribution in [0.3, 0.4) is 0 Å². The second kappa shape index (κ2) is 6.54. The Morgan fingerprint density at radius 2 is 2.19 bits per heavy atom. The Balaban J connectivity index is 1.66. The summed E-state index contributed by atoms with van der Waals surface area (Å²) in [6.07, 6.45) is 6.74. The first-order valence-electron chi connectivity index (χ1n) is 7.42. The fraction of sp³-hybridized carbons (Fsp3) is 0.375. The summed E-state index contributed by atoms with van der Waals surface area (Å²) in [7, 11) is 0. The predicted molar refractivity (Wildman–Crippen MR) is 82.0 cm³/mol. The number of rotatable bonds is 4. The van der Waals surface area contributed by atoms with Crippen LogP contribution in [0.2, 0.25) is 0 Å². The summed E-state index contributed by atoms with van der Waals surface area (Å²) < 4.78 is 1.95. The van der Waals surface area contributed by atoms with Crippen LogP contribution in [0.15, 0.2) is 42.7 Å². The number of amides is 1. The van der Waals surface area contributed by atoms with E-state index in [0.29, 0.717) is 12.5 Å². The number of piperidine rings is 1. The van der Waals surface area contributed by atoms with Crippen LogP contribution in [0.1, 0.15) is 24.8 Å². The van der Waals surface area contributed by atoms with Gasteiger partial charge in [-0.15, -0.1) is 0 Å². The topological polar surface area (TPSA) is 59.0 Å². The Kier molecular flexibility index (Phi) is 4.31. The van der Waals surface area contributed by atoms with E-state index in [1.54, 1.807) is 6.20 Å². The molecule has 1 saturated heterocycles. The molecule has 2 heterocycles. The van der Waals surface area contributed by atoms with Crippen LogP contribution in [0, 0.1) is 0 Å². The number of hydrogen-bond donors (Lipinski definition) is 2. The van der Waals surface area contributed by atoms with Crippen molar-refractivity contribution in [3.63, 3.8) is 0 Å². The number of aromatic nitrogens is 2. The molecule has 1 aliphatic heterocycles. The van der Waals surface area contributed by atoms with Gasteiger partial charge >= 0.3 is 0 Å². The van der Waals surface area contributed by atoms with Gasteiger partial charge in [0, 0.05) is 12.4 Å². The highest BCUT2D eigenvalue weighted by atomic mass is 16.2. The third kappa shape index (κ3) is 3.49. The van der Waals surface area contributed by atoms with Crippen molar-refractivity contribution in [1.29, 1.82) is 0 Å². The SMILES string of the molecule is O=C(Nc1nccn1Cc1ccccc1)C1CCCCN1. The highest BCUT2D eigenvalue weighted by Crippen LogP contribution is 2.12. The van der Waals surface area contributed by atoms with Gasteiger partial charge in [0.25, 0.3) is 0 Å². The van der Waals surface area contributed by atoms with Crippen LogP contribution in [-0.4, -0.2) is 28.0 Å². The van der Waals surface area contributed by atoms with Crippen molar-refractivity contribution >= 4 is 11.9 Å². The molecule has 110 valence electrons. The maximum absolute atomic E-state index is 12.2. The number of benzene rings is 1. The van der Waals surface area contributed by atoms with E-state index in [0.717, 1.165) is 25.8 Å². The highest BCUT2D eigenvalue weighted by molar-refractivity contribution is 5.93. The lowest BCUT2D eigenvalue weighted by atomic mass is 10.0. The molecule has 5 heteroatoms. The molecule has 1 amide bonds. The Hall–Kier alpha value is -2.14. The molecule has 21 heavy (non-hydrogen) atoms. The number of carbonyl (C=O) groups is 1. The largest absolute Gasteiger partial charge is 0.313 e. The van der Waals surface area contributed by atoms with E-state index in [-0.39, 0.29) is 11.9 Å². The standard InChI is InChI=1S/C16H20N4O/c21-15(14-8-4-5-9-17-14)19-16-18-10-11-20(16)12-13-6-2-1-3-7-13/h1-3,6-7,10-11,14,17H,4-5,8-9,12H2,(H,18,19,21). The first-order chi connectivity index (χ1) is 10.3. The molecule has 0 aliphatic carbocycles. The van der Waals surface area contributed by atoms with E-state index < -0.39 is 0 Å². The van der Waals surface area contributed by atoms with E-state index in [1.165, 1.54) is 5.56 Å². The minimum Gasteiger partial charge on any atom is -0.313 e. The number of imidazole rings is 1. The average molecular weight is 284 g/mol. The number of carbonyl (C=O) groups excluding carboxylic acids is 1. The maximum Gasteiger partial charge on any atom is 0.243 e. The predicted octanol–water partition coefficient (Wildman–Crippen LogP) is 2.01. The zero-order valence-corrected chi connectivity index (χ0v) is 12.0. The number of anilines is 1. The fourth-order valence-corrected chi connectivity index (χ4v) is 2.61. The van der Waals surface area contributed by atoms with Gasteiger partial charge in [-0.3, -0.25) is 10.1 Å². The van der Waals surface area contributed by atoms with Gasteiger partial charge in [0.1, 0.15) is 0 Å². The van der Waals surface area contributed by atoms with Gasteiger partial charge < -0.3 is 9.88 Å². The Labute approximate surface area is 124 Å². The van der Waals surface area contributed by atoms with Crippen molar-refractivity contribution < 1.29 is 4.79 Å². The molecule has 0 saturated carbocycles. The zero-order valence-electron chi connectivity index (χ0n) is 12.0. The Bertz CT molecular complexity index is 587. The van der Waals surface area contributed by atoms with Crippen molar-refractivity contribution in [2.24, 2.45) is 0 Å². The van der Waals surface area contributed by atoms with Crippen LogP contribution in [0.4, 0.5) is 5.95 Å². The molecule has 0 spiro atoms. The van der Waals surface area contributed by atoms with E-state index in [4.69, 9.17) is 0 Å². The van der Waals surface area contributed by atoms with E-state index in [2.05, 4.69) is 27.8 Å². The molecular weight excluding hydrogens is 264 g/mol. The molecule has 1 aliphatic rings. The summed E-state index contributed by atoms with van der Waals surface area (Å²) in [6, 6.07) is 10.0. The minimum atomic E-state index is -0.0966. The summed E-state index contributed by atoms with van der Waals surface area (Å²) in [6.45, 7) is 1.62. The van der Waals surface area contributed by atoms with Crippen LogP contribution in [0.25, 0.3) is 0 Å². The van der Waals surface area contributed by atoms with Gasteiger partial charge in [-0.25, -0.2) is 4.98 Å². The second-order valence-electron chi connectivity index (χ2n) is 5.36. The number of nitrogens with one attached hydrogen (secondary N) is 2. The highest BCUT2D eigenvalue weighted by Gasteiger charge is 2.21. The monoisotopic (exact) mass is 284 g/mol. The zero-order chi connectivity index (χ0) is 14.5. The molecule has 3 rings (SSSR count). The van der Waals surface area contributed by atoms with Crippen LogP contribution < -0.4 is 10.6 Å². The molecule has 1 atom stereocenters. The lowest BCUT2D eigenvalue weighted by Gasteiger charge is -2.22. The first kappa shape index (κ1) is 13.8. The van der Waals surface area contributed by atoms with Gasteiger partial charge in [0.2, 0.25) is 11.9 Å². The van der Waals surface area contributed by atoms with E-state index >= 15 is 0 Å². The van der Waals surface area contributed by atoms with Gasteiger partial charge in [-0.05, 0) is 24.9 Å². The maximum atomic E-state index is 12.2. The molecule has 0 bridgehead atoms. The number of hydrogen-bond acceptors (Lipinski definition) is 3. The van der Waals surface area contributed by atoms with Crippen LogP contribution in [0.5, 0.6) is 0 Å². The van der Waals surface area contributed by atoms with Gasteiger partial charge in [0.05, 0.1) is 12.6 Å². The van der Waals surface area contributed by atoms with Crippen molar-refractivity contribution in [3.8, 4) is 0 Å². The summed E-state index contributed by atoms with van der Waals surface area (Å²) in [5, 5.41) is 6.18. The molecule has 1 fully saturated rings. The molecule has 2 aromatic rings. The molecule has 0 radical (unpaired) electrons. The molecule has 2 N–H and O–H groups in total. The van der Waals surface area contributed by atoms with E-state index in [9.17, 15) is 4.79 Å². The second-order valence-corrected chi connectivity index (χ2v) is 5.36. The lowest BCUT2D eigenvalue weighted by Crippen LogP contribution is -2.43. The molecular formula is C16H20N4O. The third-order valence-electron chi connectivity index (χ3n) is 3.77. The van der Waals surface area contributed by atoms with Gasteiger partial charge in [0.15, 0.2) is 0 Å². The fourth-order valence-electron chi connectivity index (χ4n) is 2.61. The Morgan fingerprint density at radius 3 is 2.95 bits per heavy atom. The van der Waals surface area contributed by atoms with E-state index in [1.807, 2.05) is 29.0 Å². The molecule has 1 unspecified atom stereocenters. The normalized spacial score (nSPS) is 18.4. The molecule has 1 aromatic heterocycles. The minimum absolute atomic E-state index is 0.00946. The molecule has 5 nitrogen and oxygen atoms in total. The third-order valence-corrected chi connectivity index (χ3v) is 3.77. The smallest absolute Gasteiger partial charge is 0.243 e. The van der Waals surface area contributed by atoms with Crippen LogP contribution >= 0.6 is 0 Å². The van der Waals surface area contributed by atoms with Crippen LogP contribution in [-0.2, 0) is 11.3 Å². The number of nitrogens with zero attached hydrogens (tertiary/aromatic N) is 2. The van der Waals surface area contributed by atoms with Gasteiger partial charge in [-0.1, -0.05) is 36.8 Å². The first-order valence-corrected chi connectivity index (χ1v) is 7.42. The van der Waals surface area contributed by atoms with Crippen molar-refractivity contribution in [3.05, 3.63) is 48.3 Å². The summed E-state index contributed by atoms with van der Waals surface area (Å²) in [5.74, 6) is 0.617. The molecule has 1 aromatic carbocycles. The quantitative estimate of drug-likeness (QED) is 0.903. The van der Waals surface area contributed by atoms with Crippen molar-refractivity contribution in [1.82, 2.24) is 14.9 Å². The Morgan fingerprint density at radius 1 is 1.33 bits per heavy atom. The van der Waals surface area contributed by atoms with Crippen molar-refractivity contribution in [2.75, 3.05) is 11.9 Å². The summed E-state index contributed by atoms with van der Waals surface area (Å²) >= 11 is 0. The van der Waals surface area contributed by atoms with Gasteiger partial charge in [-0.2, -0.15) is 0 Å². The summed E-state index contributed by atoms with van der Waals surface area (Å²) in [5.41, 5.74) is 1.18. The average Bonchev–Trinajstić information content (AvgIpc) is 2.96.